The van der Waals surface area contributed by atoms with E-state index in [0.29, 0.717) is 6.54 Å². The molecule has 1 heterocycles. The first-order valence-corrected chi connectivity index (χ1v) is 8.61. The second kappa shape index (κ2) is 9.23. The van der Waals surface area contributed by atoms with Gasteiger partial charge in [0.25, 0.3) is 5.56 Å². The van der Waals surface area contributed by atoms with Crippen molar-refractivity contribution in [2.24, 2.45) is 7.05 Å². The molecule has 0 aliphatic rings. The zero-order chi connectivity index (χ0) is 17.4. The predicted octanol–water partition coefficient (Wildman–Crippen LogP) is 2.21. The lowest BCUT2D eigenvalue weighted by molar-refractivity contribution is 0.517. The van der Waals surface area contributed by atoms with Gasteiger partial charge in [0.15, 0.2) is 0 Å². The third-order valence-electron chi connectivity index (χ3n) is 4.26. The zero-order valence-corrected chi connectivity index (χ0v) is 14.6. The second-order valence-corrected chi connectivity index (χ2v) is 6.19. The highest BCUT2D eigenvalue weighted by molar-refractivity contribution is 5.14. The minimum absolute atomic E-state index is 0.218. The van der Waals surface area contributed by atoms with E-state index in [-0.39, 0.29) is 11.2 Å². The molecule has 0 aliphatic carbocycles. The van der Waals surface area contributed by atoms with Crippen LogP contribution in [-0.4, -0.2) is 15.7 Å². The van der Waals surface area contributed by atoms with Gasteiger partial charge in [-0.05, 0) is 31.9 Å². The molecule has 1 N–H and O–H groups in total. The van der Waals surface area contributed by atoms with Crippen LogP contribution in [-0.2, 0) is 20.1 Å². The summed E-state index contributed by atoms with van der Waals surface area (Å²) in [5.74, 6) is 0. The molecule has 1 aromatic carbocycles. The van der Waals surface area contributed by atoms with Crippen molar-refractivity contribution in [1.82, 2.24) is 14.5 Å². The highest BCUT2D eigenvalue weighted by Crippen LogP contribution is 2.03. The molecule has 0 bridgehead atoms. The van der Waals surface area contributed by atoms with Gasteiger partial charge in [-0.15, -0.1) is 0 Å². The normalized spacial score (nSPS) is 10.9. The molecule has 0 saturated heterocycles. The zero-order valence-electron chi connectivity index (χ0n) is 14.6. The molecule has 0 unspecified atom stereocenters. The van der Waals surface area contributed by atoms with Crippen LogP contribution < -0.4 is 16.6 Å². The standard InChI is InChI=1S/C19H27N3O2/c1-16-14-18(23)21(2)19(24)22(16)13-9-4-3-8-12-20-15-17-10-6-5-7-11-17/h5-7,10-11,14,20H,3-4,8-9,12-13,15H2,1-2H3. The molecule has 1 aromatic heterocycles. The van der Waals surface area contributed by atoms with Gasteiger partial charge in [-0.1, -0.05) is 43.2 Å². The van der Waals surface area contributed by atoms with E-state index in [1.807, 2.05) is 13.0 Å². The Morgan fingerprint density at radius 2 is 1.71 bits per heavy atom. The Kier molecular flexibility index (Phi) is 7.00. The monoisotopic (exact) mass is 329 g/mol. The Bertz CT molecular complexity index is 747. The van der Waals surface area contributed by atoms with Crippen LogP contribution >= 0.6 is 0 Å². The fourth-order valence-electron chi connectivity index (χ4n) is 2.75. The van der Waals surface area contributed by atoms with Crippen molar-refractivity contribution in [3.63, 3.8) is 0 Å². The first-order chi connectivity index (χ1) is 11.6. The van der Waals surface area contributed by atoms with Crippen molar-refractivity contribution in [3.05, 3.63) is 68.5 Å². The summed E-state index contributed by atoms with van der Waals surface area (Å²) in [6.07, 6.45) is 4.31. The average molecular weight is 329 g/mol. The maximum absolute atomic E-state index is 12.1. The first-order valence-electron chi connectivity index (χ1n) is 8.61. The Morgan fingerprint density at radius 3 is 2.46 bits per heavy atom. The molecule has 5 heteroatoms. The Labute approximate surface area is 143 Å². The molecule has 5 nitrogen and oxygen atoms in total. The number of hydrogen-bond acceptors (Lipinski definition) is 3. The van der Waals surface area contributed by atoms with E-state index >= 15 is 0 Å². The van der Waals surface area contributed by atoms with E-state index in [1.54, 1.807) is 4.57 Å². The lowest BCUT2D eigenvalue weighted by Crippen LogP contribution is -2.38. The number of nitrogens with zero attached hydrogens (tertiary/aromatic N) is 2. The van der Waals surface area contributed by atoms with Gasteiger partial charge in [-0.25, -0.2) is 4.79 Å². The third kappa shape index (κ3) is 5.20. The van der Waals surface area contributed by atoms with Crippen molar-refractivity contribution in [2.45, 2.75) is 45.7 Å². The van der Waals surface area contributed by atoms with Crippen LogP contribution in [0.1, 0.15) is 36.9 Å². The van der Waals surface area contributed by atoms with Crippen LogP contribution in [0.15, 0.2) is 46.0 Å². The van der Waals surface area contributed by atoms with Gasteiger partial charge in [-0.2, -0.15) is 0 Å². The second-order valence-electron chi connectivity index (χ2n) is 6.19. The topological polar surface area (TPSA) is 56.0 Å². The summed E-state index contributed by atoms with van der Waals surface area (Å²) in [5, 5.41) is 3.45. The number of aromatic nitrogens is 2. The van der Waals surface area contributed by atoms with Crippen LogP contribution in [0.3, 0.4) is 0 Å². The lowest BCUT2D eigenvalue weighted by atomic mass is 10.2. The van der Waals surface area contributed by atoms with E-state index in [0.717, 1.165) is 44.5 Å². The summed E-state index contributed by atoms with van der Waals surface area (Å²) in [6, 6.07) is 11.9. The van der Waals surface area contributed by atoms with Gasteiger partial charge in [0.1, 0.15) is 0 Å². The molecular formula is C19H27N3O2. The molecule has 130 valence electrons. The van der Waals surface area contributed by atoms with Crippen molar-refractivity contribution < 1.29 is 0 Å². The molecule has 0 atom stereocenters. The summed E-state index contributed by atoms with van der Waals surface area (Å²) >= 11 is 0. The number of unbranched alkanes of at least 4 members (excludes halogenated alkanes) is 3. The van der Waals surface area contributed by atoms with Crippen LogP contribution in [0.25, 0.3) is 0 Å². The fraction of sp³-hybridized carbons (Fsp3) is 0.474. The van der Waals surface area contributed by atoms with E-state index in [4.69, 9.17) is 0 Å². The van der Waals surface area contributed by atoms with Crippen LogP contribution in [0.5, 0.6) is 0 Å². The summed E-state index contributed by atoms with van der Waals surface area (Å²) in [5.41, 5.74) is 1.59. The van der Waals surface area contributed by atoms with Crippen molar-refractivity contribution >= 4 is 0 Å². The highest BCUT2D eigenvalue weighted by Gasteiger charge is 2.05. The quantitative estimate of drug-likeness (QED) is 0.718. The number of nitrogens with one attached hydrogen (secondary N) is 1. The maximum Gasteiger partial charge on any atom is 0.330 e. The van der Waals surface area contributed by atoms with E-state index in [1.165, 1.54) is 23.2 Å². The summed E-state index contributed by atoms with van der Waals surface area (Å²) in [6.45, 7) is 4.41. The predicted molar refractivity (Wildman–Crippen MR) is 97.3 cm³/mol. The van der Waals surface area contributed by atoms with Crippen LogP contribution in [0.2, 0.25) is 0 Å². The molecule has 24 heavy (non-hydrogen) atoms. The van der Waals surface area contributed by atoms with Gasteiger partial charge in [0.2, 0.25) is 0 Å². The van der Waals surface area contributed by atoms with Gasteiger partial charge in [0.05, 0.1) is 0 Å². The van der Waals surface area contributed by atoms with Crippen LogP contribution in [0, 0.1) is 6.92 Å². The smallest absolute Gasteiger partial charge is 0.313 e. The molecule has 0 amide bonds. The van der Waals surface area contributed by atoms with Crippen LogP contribution in [0.4, 0.5) is 0 Å². The van der Waals surface area contributed by atoms with Gasteiger partial charge in [0, 0.05) is 31.9 Å². The van der Waals surface area contributed by atoms with Gasteiger partial charge >= 0.3 is 5.69 Å². The van der Waals surface area contributed by atoms with E-state index in [9.17, 15) is 9.59 Å². The van der Waals surface area contributed by atoms with E-state index < -0.39 is 0 Å². The molecule has 2 rings (SSSR count). The maximum atomic E-state index is 12.1. The lowest BCUT2D eigenvalue weighted by Gasteiger charge is -2.11. The summed E-state index contributed by atoms with van der Waals surface area (Å²) in [4.78, 5) is 23.6. The number of aryl methyl sites for hydroxylation is 1. The van der Waals surface area contributed by atoms with Gasteiger partial charge < -0.3 is 5.32 Å². The fourth-order valence-corrected chi connectivity index (χ4v) is 2.75. The molecule has 0 saturated carbocycles. The molecule has 0 spiro atoms. The Balaban J connectivity index is 1.63. The van der Waals surface area contributed by atoms with E-state index in [2.05, 4.69) is 29.6 Å². The molecule has 0 fully saturated rings. The Hall–Kier alpha value is -2.14. The van der Waals surface area contributed by atoms with Crippen molar-refractivity contribution in [3.8, 4) is 0 Å². The minimum Gasteiger partial charge on any atom is -0.313 e. The largest absolute Gasteiger partial charge is 0.330 e. The molecular weight excluding hydrogens is 302 g/mol. The molecule has 2 aromatic rings. The molecule has 0 radical (unpaired) electrons. The van der Waals surface area contributed by atoms with Gasteiger partial charge in [-0.3, -0.25) is 13.9 Å². The SMILES string of the molecule is Cc1cc(=O)n(C)c(=O)n1CCCCCCNCc1ccccc1. The number of rotatable bonds is 9. The minimum atomic E-state index is -0.238. The average Bonchev–Trinajstić information content (AvgIpc) is 2.58. The van der Waals surface area contributed by atoms with Crippen molar-refractivity contribution in [2.75, 3.05) is 6.54 Å². The summed E-state index contributed by atoms with van der Waals surface area (Å²) < 4.78 is 2.86. The summed E-state index contributed by atoms with van der Waals surface area (Å²) in [7, 11) is 1.53. The molecule has 0 aliphatic heterocycles. The Morgan fingerprint density at radius 1 is 1.00 bits per heavy atom. The highest BCUT2D eigenvalue weighted by atomic mass is 16.2. The first kappa shape index (κ1) is 18.2. The third-order valence-corrected chi connectivity index (χ3v) is 4.26. The van der Waals surface area contributed by atoms with Crippen molar-refractivity contribution in [1.29, 1.82) is 0 Å². The number of hydrogen-bond donors (Lipinski definition) is 1. The number of benzene rings is 1.